The zero-order valence-corrected chi connectivity index (χ0v) is 16.8. The average Bonchev–Trinajstić information content (AvgIpc) is 3.36. The quantitative estimate of drug-likeness (QED) is 0.475. The molecular weight excluding hydrogens is 384 g/mol. The number of carbonyl (C=O) groups is 2. The molecule has 9 heteroatoms. The smallest absolute Gasteiger partial charge is 0.342 e. The number of amides is 1. The van der Waals surface area contributed by atoms with Gasteiger partial charge >= 0.3 is 5.97 Å². The van der Waals surface area contributed by atoms with Crippen LogP contribution in [0.4, 0.5) is 5.69 Å². The first-order valence-corrected chi connectivity index (χ1v) is 9.38. The van der Waals surface area contributed by atoms with Crippen molar-refractivity contribution in [3.63, 3.8) is 0 Å². The van der Waals surface area contributed by atoms with Crippen molar-refractivity contribution in [3.05, 3.63) is 66.1 Å². The third-order valence-corrected chi connectivity index (χ3v) is 4.68. The second kappa shape index (κ2) is 7.78. The number of benzene rings is 1. The van der Waals surface area contributed by atoms with E-state index in [1.807, 2.05) is 30.3 Å². The number of aromatic nitrogens is 5. The van der Waals surface area contributed by atoms with Crippen LogP contribution in [0, 0.1) is 0 Å². The van der Waals surface area contributed by atoms with Crippen LogP contribution >= 0.6 is 0 Å². The predicted molar refractivity (Wildman–Crippen MR) is 110 cm³/mol. The van der Waals surface area contributed by atoms with E-state index in [1.54, 1.807) is 43.9 Å². The summed E-state index contributed by atoms with van der Waals surface area (Å²) in [4.78, 5) is 31.3. The summed E-state index contributed by atoms with van der Waals surface area (Å²) in [6, 6.07) is 13.2. The number of nitrogens with zero attached hydrogens (tertiary/aromatic N) is 6. The molecule has 0 saturated carbocycles. The monoisotopic (exact) mass is 404 g/mol. The van der Waals surface area contributed by atoms with Crippen molar-refractivity contribution in [3.8, 4) is 11.4 Å². The van der Waals surface area contributed by atoms with E-state index >= 15 is 0 Å². The maximum atomic E-state index is 13.1. The third kappa shape index (κ3) is 3.41. The van der Waals surface area contributed by atoms with Crippen molar-refractivity contribution < 1.29 is 14.3 Å². The van der Waals surface area contributed by atoms with Crippen molar-refractivity contribution in [1.29, 1.82) is 0 Å². The summed E-state index contributed by atoms with van der Waals surface area (Å²) < 4.78 is 8.06. The molecule has 0 fully saturated rings. The van der Waals surface area contributed by atoms with Gasteiger partial charge < -0.3 is 9.64 Å². The molecule has 4 aromatic rings. The summed E-state index contributed by atoms with van der Waals surface area (Å²) >= 11 is 0. The molecular formula is C21H20N6O3. The number of hydrogen-bond donors (Lipinski definition) is 0. The minimum Gasteiger partial charge on any atom is -0.462 e. The highest BCUT2D eigenvalue weighted by molar-refractivity contribution is 6.11. The summed E-state index contributed by atoms with van der Waals surface area (Å²) in [6.45, 7) is 1.92. The van der Waals surface area contributed by atoms with Gasteiger partial charge in [0.05, 0.1) is 12.8 Å². The molecule has 4 rings (SSSR count). The number of hydrogen-bond acceptors (Lipinski definition) is 6. The zero-order valence-electron chi connectivity index (χ0n) is 16.8. The topological polar surface area (TPSA) is 94.6 Å². The van der Waals surface area contributed by atoms with E-state index < -0.39 is 5.97 Å². The molecule has 152 valence electrons. The fraction of sp³-hybridized carbons (Fsp3) is 0.190. The zero-order chi connectivity index (χ0) is 21.3. The first-order valence-electron chi connectivity index (χ1n) is 9.38. The van der Waals surface area contributed by atoms with Crippen molar-refractivity contribution in [1.82, 2.24) is 24.4 Å². The molecule has 0 bridgehead atoms. The number of pyridine rings is 1. The van der Waals surface area contributed by atoms with Gasteiger partial charge in [0.2, 0.25) is 0 Å². The highest BCUT2D eigenvalue weighted by Gasteiger charge is 2.26. The van der Waals surface area contributed by atoms with Gasteiger partial charge in [0.15, 0.2) is 11.5 Å². The van der Waals surface area contributed by atoms with E-state index in [0.29, 0.717) is 17.2 Å². The molecule has 0 radical (unpaired) electrons. The molecule has 0 aliphatic carbocycles. The Hall–Kier alpha value is -4.01. The largest absolute Gasteiger partial charge is 0.462 e. The van der Waals surface area contributed by atoms with E-state index in [2.05, 4.69) is 15.2 Å². The Morgan fingerprint density at radius 3 is 2.67 bits per heavy atom. The van der Waals surface area contributed by atoms with E-state index in [0.717, 1.165) is 5.56 Å². The minimum absolute atomic E-state index is 0.131. The predicted octanol–water partition coefficient (Wildman–Crippen LogP) is 2.58. The number of fused-ring (bicyclic) bond motifs is 1. The van der Waals surface area contributed by atoms with Gasteiger partial charge in [0.25, 0.3) is 5.91 Å². The molecule has 9 nitrogen and oxygen atoms in total. The normalized spacial score (nSPS) is 10.9. The summed E-state index contributed by atoms with van der Waals surface area (Å²) in [5.74, 6) is -0.370. The second-order valence-electron chi connectivity index (χ2n) is 6.60. The van der Waals surface area contributed by atoms with E-state index in [9.17, 15) is 9.59 Å². The molecule has 0 unspecified atom stereocenters. The lowest BCUT2D eigenvalue weighted by Gasteiger charge is -2.18. The van der Waals surface area contributed by atoms with Crippen molar-refractivity contribution in [2.24, 2.45) is 7.05 Å². The lowest BCUT2D eigenvalue weighted by molar-refractivity contribution is 0.0523. The van der Waals surface area contributed by atoms with Crippen LogP contribution in [-0.2, 0) is 11.8 Å². The third-order valence-electron chi connectivity index (χ3n) is 4.68. The molecule has 0 atom stereocenters. The Morgan fingerprint density at radius 1 is 1.17 bits per heavy atom. The van der Waals surface area contributed by atoms with E-state index in [4.69, 9.17) is 4.74 Å². The summed E-state index contributed by atoms with van der Waals surface area (Å²) in [5.41, 5.74) is 2.40. The van der Waals surface area contributed by atoms with Crippen LogP contribution in [0.2, 0.25) is 0 Å². The first-order chi connectivity index (χ1) is 14.5. The molecule has 0 aliphatic heterocycles. The maximum absolute atomic E-state index is 13.1. The average molecular weight is 404 g/mol. The standard InChI is InChI=1S/C21H20N6O3/c1-4-30-21(29)16-13-22-26(3)18(16)20(28)25(2)15-10-11-27-17(12-15)23-19(24-27)14-8-6-5-7-9-14/h5-13H,4H2,1-3H3. The summed E-state index contributed by atoms with van der Waals surface area (Å²) in [7, 11) is 3.24. The Kier molecular flexibility index (Phi) is 5.01. The van der Waals surface area contributed by atoms with E-state index in [-0.39, 0.29) is 23.8 Å². The fourth-order valence-corrected chi connectivity index (χ4v) is 3.11. The number of ether oxygens (including phenoxy) is 1. The van der Waals surface area contributed by atoms with Crippen molar-refractivity contribution in [2.45, 2.75) is 6.92 Å². The van der Waals surface area contributed by atoms with Gasteiger partial charge in [-0.15, -0.1) is 5.10 Å². The lowest BCUT2D eigenvalue weighted by atomic mass is 10.2. The molecule has 0 spiro atoms. The number of rotatable bonds is 5. The van der Waals surface area contributed by atoms with Gasteiger partial charge in [-0.05, 0) is 13.0 Å². The highest BCUT2D eigenvalue weighted by Crippen LogP contribution is 2.21. The van der Waals surface area contributed by atoms with Crippen LogP contribution in [0.15, 0.2) is 54.9 Å². The molecule has 1 amide bonds. The number of anilines is 1. The van der Waals surface area contributed by atoms with Gasteiger partial charge in [-0.25, -0.2) is 14.3 Å². The first kappa shape index (κ1) is 19.3. The van der Waals surface area contributed by atoms with Gasteiger partial charge in [-0.3, -0.25) is 9.48 Å². The Balaban J connectivity index is 1.67. The SMILES string of the molecule is CCOC(=O)c1cnn(C)c1C(=O)N(C)c1ccn2nc(-c3ccccc3)nc2c1. The Bertz CT molecular complexity index is 1230. The van der Waals surface area contributed by atoms with Gasteiger partial charge in [0.1, 0.15) is 11.3 Å². The second-order valence-corrected chi connectivity index (χ2v) is 6.60. The van der Waals surface area contributed by atoms with E-state index in [1.165, 1.54) is 15.8 Å². The lowest BCUT2D eigenvalue weighted by Crippen LogP contribution is -2.30. The van der Waals surface area contributed by atoms with Crippen LogP contribution in [0.3, 0.4) is 0 Å². The van der Waals surface area contributed by atoms with Crippen molar-refractivity contribution in [2.75, 3.05) is 18.6 Å². The molecule has 30 heavy (non-hydrogen) atoms. The molecule has 0 saturated heterocycles. The number of aryl methyl sites for hydroxylation is 1. The maximum Gasteiger partial charge on any atom is 0.342 e. The van der Waals surface area contributed by atoms with Crippen LogP contribution in [0.5, 0.6) is 0 Å². The molecule has 3 aromatic heterocycles. The fourth-order valence-electron chi connectivity index (χ4n) is 3.11. The molecule has 1 aromatic carbocycles. The van der Waals surface area contributed by atoms with Crippen LogP contribution in [0.1, 0.15) is 27.8 Å². The van der Waals surface area contributed by atoms with Gasteiger partial charge in [-0.2, -0.15) is 5.10 Å². The van der Waals surface area contributed by atoms with Crippen molar-refractivity contribution >= 4 is 23.2 Å². The van der Waals surface area contributed by atoms with Gasteiger partial charge in [0, 0.05) is 37.6 Å². The molecule has 0 aliphatic rings. The highest BCUT2D eigenvalue weighted by atomic mass is 16.5. The van der Waals surface area contributed by atoms with Crippen LogP contribution in [-0.4, -0.2) is 49.9 Å². The minimum atomic E-state index is -0.581. The Labute approximate surface area is 172 Å². The van der Waals surface area contributed by atoms with Crippen LogP contribution < -0.4 is 4.90 Å². The molecule has 0 N–H and O–H groups in total. The van der Waals surface area contributed by atoms with Crippen LogP contribution in [0.25, 0.3) is 17.0 Å². The number of carbonyl (C=O) groups excluding carboxylic acids is 2. The van der Waals surface area contributed by atoms with Gasteiger partial charge in [-0.1, -0.05) is 30.3 Å². The molecule has 3 heterocycles. The summed E-state index contributed by atoms with van der Waals surface area (Å²) in [5, 5.41) is 8.52. The Morgan fingerprint density at radius 2 is 1.93 bits per heavy atom. The summed E-state index contributed by atoms with van der Waals surface area (Å²) in [6.07, 6.45) is 3.08. The number of esters is 1.